The molecule has 2 heterocycles. The molecule has 182 valence electrons. The van der Waals surface area contributed by atoms with Gasteiger partial charge in [0.05, 0.1) is 30.1 Å². The molecule has 3 aromatic rings. The van der Waals surface area contributed by atoms with E-state index in [2.05, 4.69) is 15.5 Å². The summed E-state index contributed by atoms with van der Waals surface area (Å²) in [6, 6.07) is 6.85. The number of anilines is 1. The minimum atomic E-state index is -0.473. The molecular formula is C22H24Cl2N4O4S2. The van der Waals surface area contributed by atoms with Crippen LogP contribution in [0.25, 0.3) is 0 Å². The zero-order valence-electron chi connectivity index (χ0n) is 18.9. The van der Waals surface area contributed by atoms with Crippen LogP contribution in [0.3, 0.4) is 0 Å². The Morgan fingerprint density at radius 3 is 2.74 bits per heavy atom. The average Bonchev–Trinajstić information content (AvgIpc) is 3.39. The SMILES string of the molecule is CCc1cc(C(=O)OC)c(NC(=O)CSc2nnc(CCCOc3ccc(Cl)cc3Cl)n2C)s1. The second kappa shape index (κ2) is 12.4. The highest BCUT2D eigenvalue weighted by Gasteiger charge is 2.19. The molecule has 2 aromatic heterocycles. The molecule has 0 spiro atoms. The van der Waals surface area contributed by atoms with Gasteiger partial charge in [0, 0.05) is 23.4 Å². The van der Waals surface area contributed by atoms with E-state index < -0.39 is 5.97 Å². The van der Waals surface area contributed by atoms with Gasteiger partial charge in [-0.3, -0.25) is 4.79 Å². The lowest BCUT2D eigenvalue weighted by molar-refractivity contribution is -0.113. The van der Waals surface area contributed by atoms with Crippen molar-refractivity contribution in [2.75, 3.05) is 24.8 Å². The smallest absolute Gasteiger partial charge is 0.340 e. The molecule has 1 N–H and O–H groups in total. The van der Waals surface area contributed by atoms with E-state index in [0.717, 1.165) is 17.1 Å². The summed E-state index contributed by atoms with van der Waals surface area (Å²) in [4.78, 5) is 25.5. The van der Waals surface area contributed by atoms with Crippen molar-refractivity contribution >= 4 is 63.2 Å². The Bertz CT molecular complexity index is 1170. The molecular weight excluding hydrogens is 519 g/mol. The maximum Gasteiger partial charge on any atom is 0.340 e. The fourth-order valence-corrected chi connectivity index (χ4v) is 5.15. The zero-order valence-corrected chi connectivity index (χ0v) is 22.0. The summed E-state index contributed by atoms with van der Waals surface area (Å²) in [5.74, 6) is 0.784. The van der Waals surface area contributed by atoms with Crippen molar-refractivity contribution in [3.63, 3.8) is 0 Å². The Kier molecular flexibility index (Phi) is 9.63. The van der Waals surface area contributed by atoms with Gasteiger partial charge in [0.1, 0.15) is 16.6 Å². The van der Waals surface area contributed by atoms with Crippen LogP contribution in [0.15, 0.2) is 29.4 Å². The van der Waals surface area contributed by atoms with Gasteiger partial charge in [-0.25, -0.2) is 4.79 Å². The lowest BCUT2D eigenvalue weighted by Gasteiger charge is -2.08. The van der Waals surface area contributed by atoms with E-state index in [1.165, 1.54) is 30.2 Å². The molecule has 0 bridgehead atoms. The van der Waals surface area contributed by atoms with Crippen molar-refractivity contribution in [3.8, 4) is 5.75 Å². The summed E-state index contributed by atoms with van der Waals surface area (Å²) in [7, 11) is 3.17. The number of halogens is 2. The highest BCUT2D eigenvalue weighted by molar-refractivity contribution is 7.99. The number of ether oxygens (including phenoxy) is 2. The van der Waals surface area contributed by atoms with E-state index in [9.17, 15) is 9.59 Å². The van der Waals surface area contributed by atoms with Gasteiger partial charge in [-0.15, -0.1) is 21.5 Å². The third kappa shape index (κ3) is 6.88. The molecule has 0 saturated heterocycles. The van der Waals surface area contributed by atoms with Crippen LogP contribution in [-0.2, 0) is 29.4 Å². The first-order valence-corrected chi connectivity index (χ1v) is 13.0. The summed E-state index contributed by atoms with van der Waals surface area (Å²) in [5, 5.41) is 13.3. The molecule has 0 aliphatic carbocycles. The van der Waals surface area contributed by atoms with E-state index in [1.54, 1.807) is 24.3 Å². The van der Waals surface area contributed by atoms with Crippen LogP contribution in [0.5, 0.6) is 5.75 Å². The molecule has 3 rings (SSSR count). The number of rotatable bonds is 11. The van der Waals surface area contributed by atoms with Gasteiger partial charge in [0.15, 0.2) is 5.16 Å². The van der Waals surface area contributed by atoms with Crippen LogP contribution < -0.4 is 10.1 Å². The number of hydrogen-bond donors (Lipinski definition) is 1. The molecule has 0 atom stereocenters. The topological polar surface area (TPSA) is 95.3 Å². The van der Waals surface area contributed by atoms with E-state index in [1.807, 2.05) is 18.5 Å². The van der Waals surface area contributed by atoms with Crippen LogP contribution >= 0.6 is 46.3 Å². The van der Waals surface area contributed by atoms with Crippen molar-refractivity contribution in [2.45, 2.75) is 31.3 Å². The first-order valence-electron chi connectivity index (χ1n) is 10.4. The molecule has 8 nitrogen and oxygen atoms in total. The van der Waals surface area contributed by atoms with Crippen molar-refractivity contribution < 1.29 is 19.1 Å². The summed E-state index contributed by atoms with van der Waals surface area (Å²) in [5.41, 5.74) is 0.366. The number of thioether (sulfide) groups is 1. The first-order chi connectivity index (χ1) is 16.3. The Labute approximate surface area is 215 Å². The summed E-state index contributed by atoms with van der Waals surface area (Å²) in [6.07, 6.45) is 2.13. The van der Waals surface area contributed by atoms with Gasteiger partial charge in [0.2, 0.25) is 5.91 Å². The van der Waals surface area contributed by atoms with Crippen LogP contribution in [0.1, 0.15) is 34.4 Å². The van der Waals surface area contributed by atoms with Crippen molar-refractivity contribution in [3.05, 3.63) is 50.6 Å². The Morgan fingerprint density at radius 1 is 1.24 bits per heavy atom. The third-order valence-corrected chi connectivity index (χ3v) is 7.49. The number of carbonyl (C=O) groups is 2. The number of nitrogens with zero attached hydrogens (tertiary/aromatic N) is 3. The quantitative estimate of drug-likeness (QED) is 0.200. The number of carbonyl (C=O) groups excluding carboxylic acids is 2. The van der Waals surface area contributed by atoms with Crippen molar-refractivity contribution in [1.82, 2.24) is 14.8 Å². The van der Waals surface area contributed by atoms with Crippen LogP contribution in [0.2, 0.25) is 10.0 Å². The molecule has 0 radical (unpaired) electrons. The van der Waals surface area contributed by atoms with Gasteiger partial charge >= 0.3 is 5.97 Å². The summed E-state index contributed by atoms with van der Waals surface area (Å²) < 4.78 is 12.4. The van der Waals surface area contributed by atoms with Crippen LogP contribution in [0, 0.1) is 0 Å². The molecule has 0 saturated carbocycles. The normalized spacial score (nSPS) is 10.9. The maximum absolute atomic E-state index is 12.5. The molecule has 0 unspecified atom stereocenters. The fraction of sp³-hybridized carbons (Fsp3) is 0.364. The first kappa shape index (κ1) is 26.3. The third-order valence-electron chi connectivity index (χ3n) is 4.74. The Hall–Kier alpha value is -2.27. The zero-order chi connectivity index (χ0) is 24.7. The lowest BCUT2D eigenvalue weighted by atomic mass is 10.2. The predicted molar refractivity (Wildman–Crippen MR) is 136 cm³/mol. The number of hydrogen-bond acceptors (Lipinski definition) is 8. The Morgan fingerprint density at radius 2 is 2.03 bits per heavy atom. The van der Waals surface area contributed by atoms with Crippen LogP contribution in [0.4, 0.5) is 5.00 Å². The molecule has 0 fully saturated rings. The largest absolute Gasteiger partial charge is 0.492 e. The monoisotopic (exact) mass is 542 g/mol. The maximum atomic E-state index is 12.5. The number of thiophene rings is 1. The van der Waals surface area contributed by atoms with E-state index in [4.69, 9.17) is 32.7 Å². The number of esters is 1. The number of benzene rings is 1. The van der Waals surface area contributed by atoms with Crippen LogP contribution in [-0.4, -0.2) is 46.1 Å². The molecule has 0 aliphatic rings. The molecule has 0 aliphatic heterocycles. The highest BCUT2D eigenvalue weighted by Crippen LogP contribution is 2.30. The van der Waals surface area contributed by atoms with Gasteiger partial charge in [-0.05, 0) is 37.1 Å². The second-order valence-corrected chi connectivity index (χ2v) is 10.0. The number of aromatic nitrogens is 3. The molecule has 1 amide bonds. The van der Waals surface area contributed by atoms with Gasteiger partial charge in [-0.2, -0.15) is 0 Å². The number of nitrogens with one attached hydrogen (secondary N) is 1. The number of amides is 1. The summed E-state index contributed by atoms with van der Waals surface area (Å²) >= 11 is 14.6. The van der Waals surface area contributed by atoms with Gasteiger partial charge < -0.3 is 19.4 Å². The standard InChI is InChI=1S/C22H24Cl2N4O4S2/c1-4-14-11-15(21(30)31-3)20(34-14)25-19(29)12-33-22-27-26-18(28(22)2)6-5-9-32-17-8-7-13(23)10-16(17)24/h7-8,10-11H,4-6,9,12H2,1-3H3,(H,25,29). The number of aryl methyl sites for hydroxylation is 2. The van der Waals surface area contributed by atoms with E-state index in [0.29, 0.717) is 51.0 Å². The highest BCUT2D eigenvalue weighted by atomic mass is 35.5. The van der Waals surface area contributed by atoms with E-state index >= 15 is 0 Å². The molecule has 12 heteroatoms. The van der Waals surface area contributed by atoms with Crippen molar-refractivity contribution in [2.24, 2.45) is 7.05 Å². The minimum Gasteiger partial charge on any atom is -0.492 e. The van der Waals surface area contributed by atoms with Gasteiger partial charge in [0.25, 0.3) is 0 Å². The predicted octanol–water partition coefficient (Wildman–Crippen LogP) is 5.27. The van der Waals surface area contributed by atoms with Crippen molar-refractivity contribution in [1.29, 1.82) is 0 Å². The lowest BCUT2D eigenvalue weighted by Crippen LogP contribution is -2.16. The molecule has 34 heavy (non-hydrogen) atoms. The fourth-order valence-electron chi connectivity index (χ4n) is 2.96. The Balaban J connectivity index is 1.49. The molecule has 1 aromatic carbocycles. The van der Waals surface area contributed by atoms with Gasteiger partial charge in [-0.1, -0.05) is 41.9 Å². The minimum absolute atomic E-state index is 0.129. The van der Waals surface area contributed by atoms with E-state index in [-0.39, 0.29) is 11.7 Å². The summed E-state index contributed by atoms with van der Waals surface area (Å²) in [6.45, 7) is 2.45. The second-order valence-electron chi connectivity index (χ2n) is 7.12. The average molecular weight is 543 g/mol. The number of methoxy groups -OCH3 is 1.